The second kappa shape index (κ2) is 7.07. The van der Waals surface area contributed by atoms with Gasteiger partial charge in [-0.05, 0) is 29.8 Å². The lowest BCUT2D eigenvalue weighted by atomic mass is 10.2. The summed E-state index contributed by atoms with van der Waals surface area (Å²) >= 11 is 0. The van der Waals surface area contributed by atoms with Crippen LogP contribution >= 0.6 is 0 Å². The van der Waals surface area contributed by atoms with Crippen LogP contribution in [0.15, 0.2) is 54.9 Å². The smallest absolute Gasteiger partial charge is 0.145 e. The van der Waals surface area contributed by atoms with E-state index in [9.17, 15) is 0 Å². The second-order valence-electron chi connectivity index (χ2n) is 6.33. The Morgan fingerprint density at radius 3 is 2.64 bits per heavy atom. The minimum absolute atomic E-state index is 0.828. The maximum atomic E-state index is 5.46. The molecular formula is C20H22N4O. The van der Waals surface area contributed by atoms with E-state index in [2.05, 4.69) is 39.0 Å². The minimum atomic E-state index is 0.828. The normalized spacial score (nSPS) is 15.5. The average Bonchev–Trinajstić information content (AvgIpc) is 2.68. The fourth-order valence-corrected chi connectivity index (χ4v) is 3.34. The van der Waals surface area contributed by atoms with Crippen LogP contribution in [0.4, 0.5) is 5.82 Å². The molecule has 5 heteroatoms. The lowest BCUT2D eigenvalue weighted by molar-refractivity contribution is 0.249. The van der Waals surface area contributed by atoms with Crippen molar-refractivity contribution in [1.29, 1.82) is 0 Å². The molecule has 0 atom stereocenters. The number of hydrogen-bond acceptors (Lipinski definition) is 5. The largest absolute Gasteiger partial charge is 0.494 e. The Labute approximate surface area is 147 Å². The highest BCUT2D eigenvalue weighted by atomic mass is 16.5. The van der Waals surface area contributed by atoms with Crippen LogP contribution in [0.3, 0.4) is 0 Å². The van der Waals surface area contributed by atoms with Gasteiger partial charge in [-0.2, -0.15) is 0 Å². The Morgan fingerprint density at radius 2 is 1.88 bits per heavy atom. The monoisotopic (exact) mass is 334 g/mol. The highest BCUT2D eigenvalue weighted by Crippen LogP contribution is 2.26. The second-order valence-corrected chi connectivity index (χ2v) is 6.33. The molecule has 0 radical (unpaired) electrons. The van der Waals surface area contributed by atoms with Gasteiger partial charge < -0.3 is 9.64 Å². The van der Waals surface area contributed by atoms with E-state index in [0.717, 1.165) is 55.2 Å². The number of anilines is 1. The molecule has 1 aliphatic heterocycles. The van der Waals surface area contributed by atoms with Gasteiger partial charge >= 0.3 is 0 Å². The lowest BCUT2D eigenvalue weighted by Gasteiger charge is -2.35. The van der Waals surface area contributed by atoms with E-state index in [4.69, 9.17) is 9.72 Å². The molecule has 0 spiro atoms. The molecule has 1 saturated heterocycles. The average molecular weight is 334 g/mol. The number of hydrogen-bond donors (Lipinski definition) is 0. The van der Waals surface area contributed by atoms with E-state index in [-0.39, 0.29) is 0 Å². The van der Waals surface area contributed by atoms with E-state index in [0.29, 0.717) is 0 Å². The van der Waals surface area contributed by atoms with Gasteiger partial charge in [-0.15, -0.1) is 0 Å². The summed E-state index contributed by atoms with van der Waals surface area (Å²) < 4.78 is 5.46. The SMILES string of the molecule is COc1cccc2ccc(N3CCN(Cc4cccnc4)CC3)nc12. The van der Waals surface area contributed by atoms with Gasteiger partial charge in [-0.1, -0.05) is 18.2 Å². The molecule has 3 aromatic rings. The third-order valence-electron chi connectivity index (χ3n) is 4.71. The zero-order valence-electron chi connectivity index (χ0n) is 14.4. The molecule has 25 heavy (non-hydrogen) atoms. The number of benzene rings is 1. The number of aromatic nitrogens is 2. The summed E-state index contributed by atoms with van der Waals surface area (Å²) in [6.07, 6.45) is 3.77. The van der Waals surface area contributed by atoms with Crippen LogP contribution in [-0.4, -0.2) is 48.2 Å². The Hall–Kier alpha value is -2.66. The zero-order chi connectivity index (χ0) is 17.1. The highest BCUT2D eigenvalue weighted by Gasteiger charge is 2.18. The predicted molar refractivity (Wildman–Crippen MR) is 100 cm³/mol. The molecule has 128 valence electrons. The number of methoxy groups -OCH3 is 1. The first kappa shape index (κ1) is 15.8. The van der Waals surface area contributed by atoms with Gasteiger partial charge in [0.25, 0.3) is 0 Å². The van der Waals surface area contributed by atoms with E-state index in [1.165, 1.54) is 5.56 Å². The minimum Gasteiger partial charge on any atom is -0.494 e. The highest BCUT2D eigenvalue weighted by molar-refractivity contribution is 5.85. The zero-order valence-corrected chi connectivity index (χ0v) is 14.4. The molecule has 3 heterocycles. The van der Waals surface area contributed by atoms with E-state index < -0.39 is 0 Å². The summed E-state index contributed by atoms with van der Waals surface area (Å²) in [4.78, 5) is 13.9. The Balaban J connectivity index is 1.46. The van der Waals surface area contributed by atoms with Crippen LogP contribution in [-0.2, 0) is 6.54 Å². The lowest BCUT2D eigenvalue weighted by Crippen LogP contribution is -2.46. The molecule has 0 amide bonds. The molecule has 1 aliphatic rings. The molecule has 0 aliphatic carbocycles. The predicted octanol–water partition coefficient (Wildman–Crippen LogP) is 2.96. The van der Waals surface area contributed by atoms with Gasteiger partial charge in [-0.3, -0.25) is 9.88 Å². The van der Waals surface area contributed by atoms with Crippen LogP contribution in [0.5, 0.6) is 5.75 Å². The number of para-hydroxylation sites is 1. The van der Waals surface area contributed by atoms with Gasteiger partial charge in [0.05, 0.1) is 7.11 Å². The van der Waals surface area contributed by atoms with Crippen molar-refractivity contribution in [3.8, 4) is 5.75 Å². The number of rotatable bonds is 4. The molecule has 0 saturated carbocycles. The maximum Gasteiger partial charge on any atom is 0.145 e. The quantitative estimate of drug-likeness (QED) is 0.734. The Kier molecular flexibility index (Phi) is 4.48. The van der Waals surface area contributed by atoms with Crippen molar-refractivity contribution >= 4 is 16.7 Å². The summed E-state index contributed by atoms with van der Waals surface area (Å²) in [6, 6.07) is 14.4. The molecule has 1 fully saturated rings. The molecular weight excluding hydrogens is 312 g/mol. The number of fused-ring (bicyclic) bond motifs is 1. The van der Waals surface area contributed by atoms with Crippen LogP contribution < -0.4 is 9.64 Å². The van der Waals surface area contributed by atoms with Crippen molar-refractivity contribution in [2.75, 3.05) is 38.2 Å². The van der Waals surface area contributed by atoms with E-state index >= 15 is 0 Å². The van der Waals surface area contributed by atoms with Crippen LogP contribution in [0.1, 0.15) is 5.56 Å². The first-order valence-electron chi connectivity index (χ1n) is 8.63. The topological polar surface area (TPSA) is 41.5 Å². The third-order valence-corrected chi connectivity index (χ3v) is 4.71. The molecule has 0 bridgehead atoms. The van der Waals surface area contributed by atoms with Crippen molar-refractivity contribution in [3.63, 3.8) is 0 Å². The van der Waals surface area contributed by atoms with Crippen molar-refractivity contribution in [1.82, 2.24) is 14.9 Å². The van der Waals surface area contributed by atoms with E-state index in [1.54, 1.807) is 7.11 Å². The fraction of sp³-hybridized carbons (Fsp3) is 0.300. The molecule has 0 unspecified atom stereocenters. The Bertz CT molecular complexity index is 845. The summed E-state index contributed by atoms with van der Waals surface area (Å²) in [5.41, 5.74) is 2.20. The van der Waals surface area contributed by atoms with Crippen LogP contribution in [0.2, 0.25) is 0 Å². The maximum absolute atomic E-state index is 5.46. The first-order valence-corrected chi connectivity index (χ1v) is 8.63. The summed E-state index contributed by atoms with van der Waals surface area (Å²) in [5.74, 6) is 1.85. The summed E-state index contributed by atoms with van der Waals surface area (Å²) in [7, 11) is 1.69. The van der Waals surface area contributed by atoms with Crippen molar-refractivity contribution < 1.29 is 4.74 Å². The van der Waals surface area contributed by atoms with Crippen molar-refractivity contribution in [3.05, 3.63) is 60.4 Å². The fourth-order valence-electron chi connectivity index (χ4n) is 3.34. The Morgan fingerprint density at radius 1 is 1.00 bits per heavy atom. The van der Waals surface area contributed by atoms with Crippen molar-refractivity contribution in [2.24, 2.45) is 0 Å². The third kappa shape index (κ3) is 3.42. The first-order chi connectivity index (χ1) is 12.3. The molecule has 2 aromatic heterocycles. The molecule has 0 N–H and O–H groups in total. The van der Waals surface area contributed by atoms with Crippen molar-refractivity contribution in [2.45, 2.75) is 6.54 Å². The summed E-state index contributed by atoms with van der Waals surface area (Å²) in [5, 5.41) is 1.11. The van der Waals surface area contributed by atoms with E-state index in [1.807, 2.05) is 30.6 Å². The van der Waals surface area contributed by atoms with Gasteiger partial charge in [0.1, 0.15) is 17.1 Å². The van der Waals surface area contributed by atoms with Gasteiger partial charge in [0.2, 0.25) is 0 Å². The number of pyridine rings is 2. The van der Waals surface area contributed by atoms with Gasteiger partial charge in [0, 0.05) is 50.5 Å². The number of nitrogens with zero attached hydrogens (tertiary/aromatic N) is 4. The summed E-state index contributed by atoms with van der Waals surface area (Å²) in [6.45, 7) is 4.98. The van der Waals surface area contributed by atoms with Crippen LogP contribution in [0, 0.1) is 0 Å². The van der Waals surface area contributed by atoms with Crippen LogP contribution in [0.25, 0.3) is 10.9 Å². The van der Waals surface area contributed by atoms with Gasteiger partial charge in [0.15, 0.2) is 0 Å². The molecule has 5 nitrogen and oxygen atoms in total. The standard InChI is InChI=1S/C20H22N4O/c1-25-18-6-2-5-17-7-8-19(22-20(17)18)24-12-10-23(11-13-24)15-16-4-3-9-21-14-16/h2-9,14H,10-13,15H2,1H3. The molecule has 1 aromatic carbocycles. The molecule has 4 rings (SSSR count). The number of ether oxygens (including phenoxy) is 1. The number of piperazine rings is 1. The van der Waals surface area contributed by atoms with Gasteiger partial charge in [-0.25, -0.2) is 4.98 Å².